The summed E-state index contributed by atoms with van der Waals surface area (Å²) in [6.07, 6.45) is 1.54. The summed E-state index contributed by atoms with van der Waals surface area (Å²) < 4.78 is 21.8. The third-order valence-corrected chi connectivity index (χ3v) is 4.91. The first kappa shape index (κ1) is 22.4. The molecule has 164 valence electrons. The average molecular weight is 493 g/mol. The van der Waals surface area contributed by atoms with E-state index in [4.69, 9.17) is 13.9 Å². The van der Waals surface area contributed by atoms with Crippen LogP contribution in [0.25, 0.3) is 6.08 Å². The number of hydrogen-bond acceptors (Lipinski definition) is 7. The molecule has 0 aliphatic carbocycles. The second kappa shape index (κ2) is 9.69. The molecule has 0 atom stereocenters. The van der Waals surface area contributed by atoms with E-state index in [0.717, 1.165) is 4.90 Å². The molecule has 1 N–H and O–H groups in total. The summed E-state index contributed by atoms with van der Waals surface area (Å²) in [4.78, 5) is 37.7. The Kier molecular flexibility index (Phi) is 7.01. The molecule has 2 heterocycles. The molecule has 0 unspecified atom stereocenters. The van der Waals surface area contributed by atoms with E-state index >= 15 is 0 Å². The van der Waals surface area contributed by atoms with Crippen molar-refractivity contribution in [2.75, 3.05) is 20.3 Å². The molecule has 2 aromatic rings. The van der Waals surface area contributed by atoms with Gasteiger partial charge in [0.15, 0.2) is 0 Å². The monoisotopic (exact) mass is 492 g/mol. The Morgan fingerprint density at radius 1 is 1.16 bits per heavy atom. The highest BCUT2D eigenvalue weighted by Gasteiger charge is 2.34. The largest absolute Gasteiger partial charge is 0.493 e. The highest BCUT2D eigenvalue weighted by Crippen LogP contribution is 2.35. The van der Waals surface area contributed by atoms with Crippen molar-refractivity contribution in [2.45, 2.75) is 20.4 Å². The number of imide groups is 1. The van der Waals surface area contributed by atoms with E-state index < -0.39 is 17.9 Å². The van der Waals surface area contributed by atoms with Crippen LogP contribution in [0.5, 0.6) is 11.5 Å². The molecule has 1 aromatic carbocycles. The summed E-state index contributed by atoms with van der Waals surface area (Å²) in [5, 5.41) is 2.55. The van der Waals surface area contributed by atoms with Crippen LogP contribution in [-0.2, 0) is 16.1 Å². The number of methoxy groups -OCH3 is 1. The van der Waals surface area contributed by atoms with Crippen molar-refractivity contribution in [2.24, 2.45) is 0 Å². The molecule has 1 aromatic heterocycles. The first-order valence-corrected chi connectivity index (χ1v) is 10.3. The molecular weight excluding hydrogens is 472 g/mol. The van der Waals surface area contributed by atoms with Gasteiger partial charge in [-0.15, -0.1) is 0 Å². The van der Waals surface area contributed by atoms with E-state index in [1.165, 1.54) is 25.3 Å². The standard InChI is InChI=1S/C21H21BrN2O7/c1-4-29-17-10-18(30-5-2)14(22)8-12(17)9-15-19(25)24(21(27)23-15)11-13-6-7-16(31-13)20(26)28-3/h6-10H,4-5,11H2,1-3H3,(H,23,27)/b15-9-. The minimum atomic E-state index is -0.645. The number of nitrogens with one attached hydrogen (secondary N) is 1. The van der Waals surface area contributed by atoms with Gasteiger partial charge in [0, 0.05) is 11.6 Å². The third-order valence-electron chi connectivity index (χ3n) is 4.29. The van der Waals surface area contributed by atoms with Crippen LogP contribution in [0.1, 0.15) is 35.7 Å². The van der Waals surface area contributed by atoms with Crippen LogP contribution in [0.3, 0.4) is 0 Å². The number of nitrogens with zero attached hydrogens (tertiary/aromatic N) is 1. The number of halogens is 1. The first-order chi connectivity index (χ1) is 14.9. The van der Waals surface area contributed by atoms with Gasteiger partial charge in [-0.3, -0.25) is 9.69 Å². The van der Waals surface area contributed by atoms with Crippen LogP contribution >= 0.6 is 15.9 Å². The Morgan fingerprint density at radius 3 is 2.55 bits per heavy atom. The first-order valence-electron chi connectivity index (χ1n) is 9.48. The highest BCUT2D eigenvalue weighted by atomic mass is 79.9. The maximum absolute atomic E-state index is 12.8. The minimum absolute atomic E-state index is 0.0130. The topological polar surface area (TPSA) is 107 Å². The number of furan rings is 1. The number of benzene rings is 1. The number of ether oxygens (including phenoxy) is 3. The van der Waals surface area contributed by atoms with E-state index in [1.54, 1.807) is 12.1 Å². The summed E-state index contributed by atoms with van der Waals surface area (Å²) in [6, 6.07) is 5.79. The Morgan fingerprint density at radius 2 is 1.87 bits per heavy atom. The molecule has 1 fully saturated rings. The van der Waals surface area contributed by atoms with Gasteiger partial charge in [0.05, 0.1) is 31.3 Å². The second-order valence-corrected chi connectivity index (χ2v) is 7.18. The number of urea groups is 1. The van der Waals surface area contributed by atoms with Gasteiger partial charge in [0.25, 0.3) is 5.91 Å². The molecule has 0 radical (unpaired) electrons. The zero-order valence-corrected chi connectivity index (χ0v) is 18.8. The van der Waals surface area contributed by atoms with Crippen LogP contribution in [-0.4, -0.2) is 43.1 Å². The van der Waals surface area contributed by atoms with Crippen molar-refractivity contribution in [3.8, 4) is 11.5 Å². The van der Waals surface area contributed by atoms with Gasteiger partial charge >= 0.3 is 12.0 Å². The van der Waals surface area contributed by atoms with E-state index in [-0.39, 0.29) is 23.8 Å². The number of carbonyl (C=O) groups excluding carboxylic acids is 3. The number of esters is 1. The Balaban J connectivity index is 1.85. The average Bonchev–Trinajstić information content (AvgIpc) is 3.31. The van der Waals surface area contributed by atoms with Gasteiger partial charge in [0.2, 0.25) is 5.76 Å². The van der Waals surface area contributed by atoms with E-state index in [9.17, 15) is 14.4 Å². The van der Waals surface area contributed by atoms with Crippen molar-refractivity contribution in [3.05, 3.63) is 51.5 Å². The maximum atomic E-state index is 12.8. The summed E-state index contributed by atoms with van der Waals surface area (Å²) in [5.41, 5.74) is 0.676. The molecule has 31 heavy (non-hydrogen) atoms. The summed E-state index contributed by atoms with van der Waals surface area (Å²) >= 11 is 3.44. The number of rotatable bonds is 8. The predicted octanol–water partition coefficient (Wildman–Crippen LogP) is 3.72. The molecular formula is C21H21BrN2O7. The van der Waals surface area contributed by atoms with Crippen molar-refractivity contribution < 1.29 is 33.0 Å². The zero-order valence-electron chi connectivity index (χ0n) is 17.2. The van der Waals surface area contributed by atoms with E-state index in [1.807, 2.05) is 13.8 Å². The van der Waals surface area contributed by atoms with Gasteiger partial charge in [-0.25, -0.2) is 9.59 Å². The third kappa shape index (κ3) is 4.91. The number of carbonyl (C=O) groups is 3. The quantitative estimate of drug-likeness (QED) is 0.339. The van der Waals surface area contributed by atoms with Crippen molar-refractivity contribution >= 4 is 39.9 Å². The van der Waals surface area contributed by atoms with Gasteiger partial charge in [-0.1, -0.05) is 0 Å². The van der Waals surface area contributed by atoms with Crippen LogP contribution in [0.2, 0.25) is 0 Å². The molecule has 1 aliphatic rings. The molecule has 0 spiro atoms. The molecule has 1 aliphatic heterocycles. The van der Waals surface area contributed by atoms with Crippen molar-refractivity contribution in [1.82, 2.24) is 10.2 Å². The zero-order chi connectivity index (χ0) is 22.5. The molecule has 3 amide bonds. The normalized spacial score (nSPS) is 14.7. The van der Waals surface area contributed by atoms with Crippen LogP contribution < -0.4 is 14.8 Å². The van der Waals surface area contributed by atoms with E-state index in [0.29, 0.717) is 34.7 Å². The number of hydrogen-bond donors (Lipinski definition) is 1. The molecule has 1 saturated heterocycles. The minimum Gasteiger partial charge on any atom is -0.493 e. The Labute approximate surface area is 187 Å². The van der Waals surface area contributed by atoms with Crippen LogP contribution in [0.15, 0.2) is 38.9 Å². The van der Waals surface area contributed by atoms with Crippen molar-refractivity contribution in [3.63, 3.8) is 0 Å². The summed E-state index contributed by atoms with van der Waals surface area (Å²) in [7, 11) is 1.23. The molecule has 10 heteroatoms. The van der Waals surface area contributed by atoms with Crippen molar-refractivity contribution in [1.29, 1.82) is 0 Å². The molecule has 9 nitrogen and oxygen atoms in total. The fraction of sp³-hybridized carbons (Fsp3) is 0.286. The SMILES string of the molecule is CCOc1cc(OCC)c(/C=C2\NC(=O)N(Cc3ccc(C(=O)OC)o3)C2=O)cc1Br. The van der Waals surface area contributed by atoms with Gasteiger partial charge in [0.1, 0.15) is 23.0 Å². The fourth-order valence-corrected chi connectivity index (χ4v) is 3.38. The lowest BCUT2D eigenvalue weighted by atomic mass is 10.1. The number of amides is 3. The highest BCUT2D eigenvalue weighted by molar-refractivity contribution is 9.10. The molecule has 3 rings (SSSR count). The van der Waals surface area contributed by atoms with Gasteiger partial charge < -0.3 is 23.9 Å². The molecule has 0 bridgehead atoms. The van der Waals surface area contributed by atoms with Crippen LogP contribution in [0.4, 0.5) is 4.79 Å². The Bertz CT molecular complexity index is 1040. The fourth-order valence-electron chi connectivity index (χ4n) is 2.91. The smallest absolute Gasteiger partial charge is 0.373 e. The maximum Gasteiger partial charge on any atom is 0.373 e. The second-order valence-electron chi connectivity index (χ2n) is 6.32. The lowest BCUT2D eigenvalue weighted by Gasteiger charge is -2.13. The lowest BCUT2D eigenvalue weighted by Crippen LogP contribution is -2.30. The summed E-state index contributed by atoms with van der Waals surface area (Å²) in [6.45, 7) is 4.48. The van der Waals surface area contributed by atoms with Gasteiger partial charge in [-0.2, -0.15) is 0 Å². The van der Waals surface area contributed by atoms with Crippen LogP contribution in [0, 0.1) is 0 Å². The van der Waals surface area contributed by atoms with E-state index in [2.05, 4.69) is 26.0 Å². The van der Waals surface area contributed by atoms with Gasteiger partial charge in [-0.05, 0) is 54.1 Å². The summed E-state index contributed by atoms with van der Waals surface area (Å²) in [5.74, 6) is 0.193. The predicted molar refractivity (Wildman–Crippen MR) is 114 cm³/mol. The lowest BCUT2D eigenvalue weighted by molar-refractivity contribution is -0.123. The Hall–Kier alpha value is -3.27. The molecule has 0 saturated carbocycles.